The van der Waals surface area contributed by atoms with E-state index in [2.05, 4.69) is 27.9 Å². The molecule has 0 radical (unpaired) electrons. The zero-order valence-electron chi connectivity index (χ0n) is 21.3. The second-order valence-corrected chi connectivity index (χ2v) is 10.5. The van der Waals surface area contributed by atoms with E-state index in [1.54, 1.807) is 30.2 Å². The van der Waals surface area contributed by atoms with Crippen molar-refractivity contribution >= 4 is 34.4 Å². The van der Waals surface area contributed by atoms with E-state index in [0.29, 0.717) is 26.2 Å². The molecule has 0 bridgehead atoms. The number of hydrogen-bond acceptors (Lipinski definition) is 8. The molecule has 10 nitrogen and oxygen atoms in total. The van der Waals surface area contributed by atoms with Crippen LogP contribution in [0.3, 0.4) is 0 Å². The van der Waals surface area contributed by atoms with Crippen LogP contribution < -0.4 is 14.8 Å². The molecule has 3 rings (SSSR count). The van der Waals surface area contributed by atoms with E-state index in [1.165, 1.54) is 7.11 Å². The monoisotopic (exact) mass is 632 g/mol. The number of halogens is 1. The highest BCUT2D eigenvalue weighted by Crippen LogP contribution is 2.37. The number of aliphatic hydroxyl groups excluding tert-OH is 3. The molecule has 1 fully saturated rings. The number of nitrogens with zero attached hydrogens (tertiary/aromatic N) is 1. The van der Waals surface area contributed by atoms with Gasteiger partial charge in [-0.2, -0.15) is 0 Å². The summed E-state index contributed by atoms with van der Waals surface area (Å²) in [6, 6.07) is 2.68. The third kappa shape index (κ3) is 7.34. The van der Waals surface area contributed by atoms with Crippen molar-refractivity contribution in [3.05, 3.63) is 32.9 Å². The Balaban J connectivity index is 1.98. The average molecular weight is 632 g/mol. The van der Waals surface area contributed by atoms with Gasteiger partial charge in [0.1, 0.15) is 12.2 Å². The lowest BCUT2D eigenvalue weighted by atomic mass is 9.87. The lowest BCUT2D eigenvalue weighted by molar-refractivity contribution is -0.143. The number of hydrogen-bond donors (Lipinski definition) is 4. The fourth-order valence-electron chi connectivity index (χ4n) is 4.93. The first kappa shape index (κ1) is 29.6. The van der Waals surface area contributed by atoms with Crippen LogP contribution in [0.15, 0.2) is 23.8 Å². The van der Waals surface area contributed by atoms with Crippen molar-refractivity contribution in [1.29, 1.82) is 0 Å². The van der Waals surface area contributed by atoms with E-state index in [4.69, 9.17) is 19.3 Å². The van der Waals surface area contributed by atoms with Gasteiger partial charge in [0.05, 0.1) is 36.5 Å². The predicted octanol–water partition coefficient (Wildman–Crippen LogP) is 1.37. The number of carbonyl (C=O) groups excluding carboxylic acids is 2. The van der Waals surface area contributed by atoms with Gasteiger partial charge in [-0.15, -0.1) is 0 Å². The van der Waals surface area contributed by atoms with E-state index < -0.39 is 24.2 Å². The van der Waals surface area contributed by atoms with Crippen molar-refractivity contribution in [2.24, 2.45) is 5.92 Å². The van der Waals surface area contributed by atoms with Crippen molar-refractivity contribution in [1.82, 2.24) is 10.2 Å². The van der Waals surface area contributed by atoms with Crippen LogP contribution in [-0.2, 0) is 20.9 Å². The van der Waals surface area contributed by atoms with E-state index in [9.17, 15) is 19.8 Å². The summed E-state index contributed by atoms with van der Waals surface area (Å²) >= 11 is 2.07. The topological polar surface area (TPSA) is 138 Å². The molecule has 0 heterocycles. The molecule has 0 unspecified atom stereocenters. The normalized spacial score (nSPS) is 21.9. The first-order chi connectivity index (χ1) is 17.8. The molecule has 0 spiro atoms. The zero-order chi connectivity index (χ0) is 26.9. The molecule has 2 amide bonds. The molecule has 0 aromatic heterocycles. The highest BCUT2D eigenvalue weighted by Gasteiger charge is 2.42. The van der Waals surface area contributed by atoms with Gasteiger partial charge in [0, 0.05) is 38.1 Å². The van der Waals surface area contributed by atoms with Crippen LogP contribution in [-0.4, -0.2) is 90.8 Å². The Bertz CT molecular complexity index is 966. The Morgan fingerprint density at radius 1 is 1.19 bits per heavy atom. The van der Waals surface area contributed by atoms with Crippen LogP contribution in [0.4, 0.5) is 0 Å². The van der Waals surface area contributed by atoms with Crippen LogP contribution >= 0.6 is 22.6 Å². The first-order valence-corrected chi connectivity index (χ1v) is 13.6. The molecule has 0 aliphatic heterocycles. The number of benzene rings is 1. The summed E-state index contributed by atoms with van der Waals surface area (Å²) in [5, 5.41) is 32.9. The summed E-state index contributed by atoms with van der Waals surface area (Å²) in [6.45, 7) is 0.262. The Morgan fingerprint density at radius 2 is 1.92 bits per heavy atom. The van der Waals surface area contributed by atoms with Crippen LogP contribution in [0, 0.1) is 9.49 Å². The highest BCUT2D eigenvalue weighted by molar-refractivity contribution is 14.1. The minimum atomic E-state index is -1.13. The molecule has 37 heavy (non-hydrogen) atoms. The number of ether oxygens (including phenoxy) is 3. The first-order valence-electron chi connectivity index (χ1n) is 12.6. The summed E-state index contributed by atoms with van der Waals surface area (Å²) < 4.78 is 17.7. The van der Waals surface area contributed by atoms with Crippen LogP contribution in [0.5, 0.6) is 11.5 Å². The molecule has 4 N–H and O–H groups in total. The van der Waals surface area contributed by atoms with Gasteiger partial charge in [-0.05, 0) is 59.2 Å². The molecule has 1 aromatic rings. The van der Waals surface area contributed by atoms with Crippen molar-refractivity contribution in [2.45, 2.75) is 57.0 Å². The third-order valence-corrected chi connectivity index (χ3v) is 7.67. The minimum Gasteiger partial charge on any atom is -0.493 e. The quantitative estimate of drug-likeness (QED) is 0.254. The highest BCUT2D eigenvalue weighted by atomic mass is 127. The minimum absolute atomic E-state index is 0.0474. The standard InChI is InChI=1S/C26H37IN2O8/c1-35-10-8-29(26(34)17-5-3-4-6-17)20-13-18(25(33)28-7-9-30)14-21(23(20)32)37-24-19(27)11-16(15-31)12-22(24)36-2/h11-12,14,17,20-21,23,30-32H,3-10,13,15H2,1-2H3,(H,28,33)/t20-,21+,23+/m1/s1. The van der Waals surface area contributed by atoms with Gasteiger partial charge < -0.3 is 39.7 Å². The van der Waals surface area contributed by atoms with Gasteiger partial charge in [0.25, 0.3) is 0 Å². The molecule has 1 aromatic carbocycles. The summed E-state index contributed by atoms with van der Waals surface area (Å²) in [4.78, 5) is 28.1. The molecule has 11 heteroatoms. The number of rotatable bonds is 12. The van der Waals surface area contributed by atoms with Gasteiger partial charge in [-0.3, -0.25) is 9.59 Å². The maximum Gasteiger partial charge on any atom is 0.247 e. The van der Waals surface area contributed by atoms with Crippen LogP contribution in [0.1, 0.15) is 37.7 Å². The third-order valence-electron chi connectivity index (χ3n) is 6.86. The zero-order valence-corrected chi connectivity index (χ0v) is 23.5. The Morgan fingerprint density at radius 3 is 2.54 bits per heavy atom. The summed E-state index contributed by atoms with van der Waals surface area (Å²) in [6.07, 6.45) is 3.20. The molecule has 3 atom stereocenters. The van der Waals surface area contributed by atoms with Gasteiger partial charge in [-0.1, -0.05) is 12.8 Å². The number of aliphatic hydroxyl groups is 3. The van der Waals surface area contributed by atoms with Crippen LogP contribution in [0.25, 0.3) is 0 Å². The number of methoxy groups -OCH3 is 2. The molecule has 2 aliphatic carbocycles. The van der Waals surface area contributed by atoms with Gasteiger partial charge >= 0.3 is 0 Å². The lowest BCUT2D eigenvalue weighted by Gasteiger charge is -2.41. The Hall–Kier alpha value is -1.93. The van der Waals surface area contributed by atoms with Gasteiger partial charge in [-0.25, -0.2) is 0 Å². The average Bonchev–Trinajstić information content (AvgIpc) is 3.45. The maximum absolute atomic E-state index is 13.6. The largest absolute Gasteiger partial charge is 0.493 e. The molecule has 0 saturated heterocycles. The summed E-state index contributed by atoms with van der Waals surface area (Å²) in [5.74, 6) is 0.184. The maximum atomic E-state index is 13.6. The van der Waals surface area contributed by atoms with E-state index in [-0.39, 0.29) is 51.2 Å². The van der Waals surface area contributed by atoms with Gasteiger partial charge in [0.2, 0.25) is 11.8 Å². The Labute approximate surface area is 231 Å². The van der Waals surface area contributed by atoms with Crippen molar-refractivity contribution in [2.75, 3.05) is 40.5 Å². The second-order valence-electron chi connectivity index (χ2n) is 9.29. The van der Waals surface area contributed by atoms with Crippen molar-refractivity contribution in [3.63, 3.8) is 0 Å². The summed E-state index contributed by atoms with van der Waals surface area (Å²) in [5.41, 5.74) is 1.000. The fourth-order valence-corrected chi connectivity index (χ4v) is 5.72. The summed E-state index contributed by atoms with van der Waals surface area (Å²) in [7, 11) is 3.04. The lowest BCUT2D eigenvalue weighted by Crippen LogP contribution is -2.56. The van der Waals surface area contributed by atoms with E-state index in [0.717, 1.165) is 25.7 Å². The number of nitrogens with one attached hydrogen (secondary N) is 1. The second kappa shape index (κ2) is 14.3. The molecule has 206 valence electrons. The smallest absolute Gasteiger partial charge is 0.247 e. The molecule has 2 aliphatic rings. The molecule has 1 saturated carbocycles. The number of amides is 2. The van der Waals surface area contributed by atoms with Crippen molar-refractivity contribution < 1.29 is 39.1 Å². The Kier molecular flexibility index (Phi) is 11.4. The SMILES string of the molecule is COCCN(C(=O)C1CCCC1)[C@@H]1CC(C(=O)NCCO)=C[C@H](Oc2c(I)cc(CO)cc2OC)[C@H]1O. The van der Waals surface area contributed by atoms with E-state index >= 15 is 0 Å². The van der Waals surface area contributed by atoms with Crippen molar-refractivity contribution in [3.8, 4) is 11.5 Å². The van der Waals surface area contributed by atoms with Gasteiger partial charge in [0.15, 0.2) is 11.5 Å². The van der Waals surface area contributed by atoms with E-state index in [1.807, 2.05) is 0 Å². The van der Waals surface area contributed by atoms with Crippen LogP contribution in [0.2, 0.25) is 0 Å². The molecular weight excluding hydrogens is 595 g/mol. The number of carbonyl (C=O) groups is 2. The predicted molar refractivity (Wildman–Crippen MR) is 144 cm³/mol. The molecular formula is C26H37IN2O8. The fraction of sp³-hybridized carbons (Fsp3) is 0.615.